The summed E-state index contributed by atoms with van der Waals surface area (Å²) in [4.78, 5) is 11.4. The van der Waals surface area contributed by atoms with E-state index in [4.69, 9.17) is 0 Å². The Hall–Kier alpha value is -1.35. The average molecular weight is 259 g/mol. The Labute approximate surface area is 114 Å². The molecule has 2 saturated carbocycles. The van der Waals surface area contributed by atoms with Crippen molar-refractivity contribution in [1.29, 1.82) is 0 Å². The predicted octanol–water partition coefficient (Wildman–Crippen LogP) is 2.63. The fraction of sp³-hybridized carbons (Fsp3) is 0.562. The molecule has 2 fully saturated rings. The highest BCUT2D eigenvalue weighted by Gasteiger charge is 2.53. The minimum absolute atomic E-state index is 0.434. The smallest absolute Gasteiger partial charge is 0.312 e. The van der Waals surface area contributed by atoms with Gasteiger partial charge < -0.3 is 10.4 Å². The molecule has 2 aliphatic carbocycles. The molecule has 0 heterocycles. The topological polar surface area (TPSA) is 49.3 Å². The molecule has 3 rings (SSSR count). The number of benzene rings is 1. The van der Waals surface area contributed by atoms with Crippen LogP contribution >= 0.6 is 0 Å². The summed E-state index contributed by atoms with van der Waals surface area (Å²) in [5.74, 6) is -0.258. The maximum absolute atomic E-state index is 11.4. The molecular formula is C16H21NO2. The lowest BCUT2D eigenvalue weighted by atomic mass is 9.97. The van der Waals surface area contributed by atoms with Crippen LogP contribution in [0.15, 0.2) is 30.3 Å². The minimum atomic E-state index is -0.741. The van der Waals surface area contributed by atoms with Crippen LogP contribution in [0.5, 0.6) is 0 Å². The third-order valence-electron chi connectivity index (χ3n) is 4.66. The zero-order valence-electron chi connectivity index (χ0n) is 11.1. The number of aliphatic carboxylic acids is 1. The first kappa shape index (κ1) is 12.7. The number of carbonyl (C=O) groups is 1. The van der Waals surface area contributed by atoms with Crippen molar-refractivity contribution in [2.24, 2.45) is 11.3 Å². The molecule has 102 valence electrons. The summed E-state index contributed by atoms with van der Waals surface area (Å²) in [6.07, 6.45) is 5.41. The summed E-state index contributed by atoms with van der Waals surface area (Å²) in [7, 11) is 0. The second-order valence-corrected chi connectivity index (χ2v) is 6.07. The van der Waals surface area contributed by atoms with E-state index in [1.807, 2.05) is 30.3 Å². The third-order valence-corrected chi connectivity index (χ3v) is 4.66. The fourth-order valence-electron chi connectivity index (χ4n) is 3.08. The van der Waals surface area contributed by atoms with Crippen LogP contribution in [0, 0.1) is 11.3 Å². The summed E-state index contributed by atoms with van der Waals surface area (Å²) in [5, 5.41) is 12.8. The highest BCUT2D eigenvalue weighted by atomic mass is 16.4. The monoisotopic (exact) mass is 259 g/mol. The Kier molecular flexibility index (Phi) is 3.31. The van der Waals surface area contributed by atoms with Crippen molar-refractivity contribution in [3.05, 3.63) is 35.9 Å². The Balaban J connectivity index is 1.55. The molecule has 0 bridgehead atoms. The molecular weight excluding hydrogens is 238 g/mol. The van der Waals surface area contributed by atoms with Crippen molar-refractivity contribution in [1.82, 2.24) is 5.32 Å². The van der Waals surface area contributed by atoms with Gasteiger partial charge in [-0.3, -0.25) is 4.79 Å². The van der Waals surface area contributed by atoms with Gasteiger partial charge in [0.25, 0.3) is 0 Å². The van der Waals surface area contributed by atoms with E-state index in [0.29, 0.717) is 12.0 Å². The lowest BCUT2D eigenvalue weighted by Crippen LogP contribution is -2.32. The largest absolute Gasteiger partial charge is 0.481 e. The van der Waals surface area contributed by atoms with E-state index in [9.17, 15) is 9.90 Å². The number of carboxylic acid groups (broad SMARTS) is 1. The average Bonchev–Trinajstić information content (AvgIpc) is 3.28. The molecule has 1 atom stereocenters. The van der Waals surface area contributed by atoms with Gasteiger partial charge >= 0.3 is 5.97 Å². The zero-order valence-corrected chi connectivity index (χ0v) is 11.1. The summed E-state index contributed by atoms with van der Waals surface area (Å²) in [6, 6.07) is 9.51. The van der Waals surface area contributed by atoms with Crippen LogP contribution in [-0.2, 0) is 4.79 Å². The van der Waals surface area contributed by atoms with Crippen LogP contribution < -0.4 is 5.32 Å². The van der Waals surface area contributed by atoms with Crippen LogP contribution in [-0.4, -0.2) is 24.2 Å². The van der Waals surface area contributed by atoms with E-state index >= 15 is 0 Å². The van der Waals surface area contributed by atoms with Crippen molar-refractivity contribution in [2.75, 3.05) is 13.1 Å². The minimum Gasteiger partial charge on any atom is -0.481 e. The van der Waals surface area contributed by atoms with E-state index < -0.39 is 11.9 Å². The van der Waals surface area contributed by atoms with Crippen LogP contribution in [0.4, 0.5) is 0 Å². The quantitative estimate of drug-likeness (QED) is 0.791. The molecule has 0 spiro atoms. The molecule has 3 nitrogen and oxygen atoms in total. The highest BCUT2D eigenvalue weighted by molar-refractivity contribution is 5.76. The van der Waals surface area contributed by atoms with E-state index in [2.05, 4.69) is 5.32 Å². The van der Waals surface area contributed by atoms with Crippen LogP contribution in [0.2, 0.25) is 0 Å². The second kappa shape index (κ2) is 4.97. The molecule has 0 aromatic heterocycles. The number of hydrogen-bond donors (Lipinski definition) is 2. The van der Waals surface area contributed by atoms with Gasteiger partial charge in [0.05, 0.1) is 5.92 Å². The van der Waals surface area contributed by atoms with Gasteiger partial charge in [0.15, 0.2) is 0 Å². The molecule has 0 amide bonds. The number of carboxylic acids is 1. The van der Waals surface area contributed by atoms with Gasteiger partial charge in [-0.1, -0.05) is 30.3 Å². The first-order chi connectivity index (χ1) is 9.21. The van der Waals surface area contributed by atoms with Crippen molar-refractivity contribution in [3.8, 4) is 0 Å². The lowest BCUT2D eigenvalue weighted by Gasteiger charge is -2.18. The van der Waals surface area contributed by atoms with E-state index in [1.54, 1.807) is 0 Å². The van der Waals surface area contributed by atoms with Crippen LogP contribution in [0.25, 0.3) is 0 Å². The molecule has 0 saturated heterocycles. The standard InChI is InChI=1S/C16H21NO2/c18-15(19)14(12-4-2-1-3-5-12)10-17-11-16(8-9-16)13-6-7-13/h1-5,13-14,17H,6-11H2,(H,18,19). The van der Waals surface area contributed by atoms with Crippen molar-refractivity contribution < 1.29 is 9.90 Å². The Morgan fingerprint density at radius 2 is 2.00 bits per heavy atom. The van der Waals surface area contributed by atoms with Gasteiger partial charge in [-0.25, -0.2) is 0 Å². The summed E-state index contributed by atoms with van der Waals surface area (Å²) >= 11 is 0. The normalized spacial score (nSPS) is 21.9. The summed E-state index contributed by atoms with van der Waals surface area (Å²) < 4.78 is 0. The van der Waals surface area contributed by atoms with E-state index in [1.165, 1.54) is 25.7 Å². The molecule has 1 unspecified atom stereocenters. The van der Waals surface area contributed by atoms with Gasteiger partial charge in [-0.2, -0.15) is 0 Å². The Morgan fingerprint density at radius 3 is 2.53 bits per heavy atom. The van der Waals surface area contributed by atoms with Crippen molar-refractivity contribution in [2.45, 2.75) is 31.6 Å². The van der Waals surface area contributed by atoms with Gasteiger partial charge in [0.1, 0.15) is 0 Å². The summed E-state index contributed by atoms with van der Waals surface area (Å²) in [6.45, 7) is 1.53. The molecule has 2 aliphatic rings. The molecule has 2 N–H and O–H groups in total. The summed E-state index contributed by atoms with van der Waals surface area (Å²) in [5.41, 5.74) is 1.42. The molecule has 0 aliphatic heterocycles. The van der Waals surface area contributed by atoms with Crippen LogP contribution in [0.1, 0.15) is 37.2 Å². The number of hydrogen-bond acceptors (Lipinski definition) is 2. The van der Waals surface area contributed by atoms with E-state index in [0.717, 1.165) is 18.0 Å². The molecule has 19 heavy (non-hydrogen) atoms. The highest BCUT2D eigenvalue weighted by Crippen LogP contribution is 2.60. The second-order valence-electron chi connectivity index (χ2n) is 6.07. The number of nitrogens with one attached hydrogen (secondary N) is 1. The molecule has 1 aromatic carbocycles. The lowest BCUT2D eigenvalue weighted by molar-refractivity contribution is -0.138. The molecule has 3 heteroatoms. The Bertz CT molecular complexity index is 449. The SMILES string of the molecule is O=C(O)C(CNCC1(C2CC2)CC1)c1ccccc1. The zero-order chi connectivity index (χ0) is 13.3. The third kappa shape index (κ3) is 2.81. The van der Waals surface area contributed by atoms with Gasteiger partial charge in [-0.15, -0.1) is 0 Å². The van der Waals surface area contributed by atoms with Crippen molar-refractivity contribution >= 4 is 5.97 Å². The maximum Gasteiger partial charge on any atom is 0.312 e. The van der Waals surface area contributed by atoms with E-state index in [-0.39, 0.29) is 0 Å². The predicted molar refractivity (Wildman–Crippen MR) is 74.1 cm³/mol. The van der Waals surface area contributed by atoms with Gasteiger partial charge in [-0.05, 0) is 42.6 Å². The maximum atomic E-state index is 11.4. The first-order valence-corrected chi connectivity index (χ1v) is 7.20. The Morgan fingerprint density at radius 1 is 1.32 bits per heavy atom. The number of rotatable bonds is 7. The van der Waals surface area contributed by atoms with Gasteiger partial charge in [0.2, 0.25) is 0 Å². The molecule has 0 radical (unpaired) electrons. The van der Waals surface area contributed by atoms with Crippen molar-refractivity contribution in [3.63, 3.8) is 0 Å². The molecule has 1 aromatic rings. The van der Waals surface area contributed by atoms with Gasteiger partial charge in [0, 0.05) is 13.1 Å². The fourth-order valence-corrected chi connectivity index (χ4v) is 3.08. The van der Waals surface area contributed by atoms with Crippen LogP contribution in [0.3, 0.4) is 0 Å². The first-order valence-electron chi connectivity index (χ1n) is 7.20.